The van der Waals surface area contributed by atoms with E-state index in [4.69, 9.17) is 0 Å². The van der Waals surface area contributed by atoms with E-state index in [1.165, 1.54) is 11.1 Å². The number of nitrogens with one attached hydrogen (secondary N) is 2. The molecule has 0 unspecified atom stereocenters. The van der Waals surface area contributed by atoms with Crippen molar-refractivity contribution < 1.29 is 9.90 Å². The van der Waals surface area contributed by atoms with Crippen molar-refractivity contribution in [2.75, 3.05) is 18.5 Å². The summed E-state index contributed by atoms with van der Waals surface area (Å²) in [6.07, 6.45) is 5.02. The van der Waals surface area contributed by atoms with Gasteiger partial charge in [-0.05, 0) is 24.0 Å². The Morgan fingerprint density at radius 1 is 1.48 bits per heavy atom. The Hall–Kier alpha value is -2.34. The second kappa shape index (κ2) is 5.97. The van der Waals surface area contributed by atoms with Crippen LogP contribution in [0.1, 0.15) is 23.6 Å². The number of fused-ring (bicyclic) bond motifs is 1. The lowest BCUT2D eigenvalue weighted by atomic mass is 10.1. The van der Waals surface area contributed by atoms with Crippen molar-refractivity contribution in [3.05, 3.63) is 47.8 Å². The van der Waals surface area contributed by atoms with E-state index in [1.54, 1.807) is 17.3 Å². The van der Waals surface area contributed by atoms with Crippen molar-refractivity contribution in [3.8, 4) is 0 Å². The third-order valence-corrected chi connectivity index (χ3v) is 3.83. The van der Waals surface area contributed by atoms with Crippen molar-refractivity contribution in [2.24, 2.45) is 0 Å². The van der Waals surface area contributed by atoms with Crippen LogP contribution in [0, 0.1) is 0 Å². The number of aliphatic hydroxyl groups is 1. The maximum absolute atomic E-state index is 12.5. The Bertz CT molecular complexity index is 612. The normalized spacial score (nSPS) is 16.5. The molecule has 1 atom stereocenters. The van der Waals surface area contributed by atoms with Crippen LogP contribution in [0.25, 0.3) is 0 Å². The lowest BCUT2D eigenvalue weighted by Gasteiger charge is -2.29. The average molecular weight is 286 g/mol. The number of aromatic nitrogens is 2. The third-order valence-electron chi connectivity index (χ3n) is 3.83. The third kappa shape index (κ3) is 2.75. The molecule has 6 heteroatoms. The molecule has 110 valence electrons. The summed E-state index contributed by atoms with van der Waals surface area (Å²) >= 11 is 0. The molecule has 1 aliphatic rings. The number of aryl methyl sites for hydroxylation is 1. The SMILES string of the molecule is O=C(Nc1cn[nH]c1)N(CCO)[C@H]1CCc2ccccc21. The van der Waals surface area contributed by atoms with E-state index in [2.05, 4.69) is 27.6 Å². The zero-order valence-electron chi connectivity index (χ0n) is 11.6. The summed E-state index contributed by atoms with van der Waals surface area (Å²) in [7, 11) is 0. The number of carbonyl (C=O) groups excluding carboxylic acids is 1. The first-order valence-corrected chi connectivity index (χ1v) is 7.04. The van der Waals surface area contributed by atoms with Gasteiger partial charge in [-0.1, -0.05) is 24.3 Å². The zero-order valence-corrected chi connectivity index (χ0v) is 11.6. The number of carbonyl (C=O) groups is 1. The molecule has 0 bridgehead atoms. The van der Waals surface area contributed by atoms with Crippen LogP contribution in [-0.2, 0) is 6.42 Å². The average Bonchev–Trinajstić information content (AvgIpc) is 3.14. The number of urea groups is 1. The molecule has 1 heterocycles. The Morgan fingerprint density at radius 2 is 2.33 bits per heavy atom. The number of rotatable bonds is 4. The first-order valence-electron chi connectivity index (χ1n) is 7.04. The van der Waals surface area contributed by atoms with Gasteiger partial charge in [-0.3, -0.25) is 5.10 Å². The van der Waals surface area contributed by atoms with Gasteiger partial charge in [0.05, 0.1) is 24.5 Å². The molecule has 6 nitrogen and oxygen atoms in total. The van der Waals surface area contributed by atoms with Crippen LogP contribution >= 0.6 is 0 Å². The van der Waals surface area contributed by atoms with Crippen molar-refractivity contribution in [1.82, 2.24) is 15.1 Å². The molecule has 2 aromatic rings. The van der Waals surface area contributed by atoms with Crippen LogP contribution in [0.4, 0.5) is 10.5 Å². The number of hydrogen-bond donors (Lipinski definition) is 3. The Morgan fingerprint density at radius 3 is 3.10 bits per heavy atom. The van der Waals surface area contributed by atoms with Crippen LogP contribution in [0.15, 0.2) is 36.7 Å². The minimum Gasteiger partial charge on any atom is -0.395 e. The van der Waals surface area contributed by atoms with Crippen LogP contribution in [0.3, 0.4) is 0 Å². The molecule has 0 aliphatic heterocycles. The highest BCUT2D eigenvalue weighted by Crippen LogP contribution is 2.35. The molecule has 0 fully saturated rings. The molecule has 2 amide bonds. The molecule has 0 spiro atoms. The van der Waals surface area contributed by atoms with Gasteiger partial charge in [-0.15, -0.1) is 0 Å². The number of amides is 2. The number of aromatic amines is 1. The van der Waals surface area contributed by atoms with E-state index in [-0.39, 0.29) is 18.7 Å². The van der Waals surface area contributed by atoms with Crippen molar-refractivity contribution in [1.29, 1.82) is 0 Å². The molecule has 0 radical (unpaired) electrons. The molecule has 1 aromatic carbocycles. The second-order valence-electron chi connectivity index (χ2n) is 5.09. The predicted octanol–water partition coefficient (Wildman–Crippen LogP) is 1.92. The number of nitrogens with zero attached hydrogens (tertiary/aromatic N) is 2. The summed E-state index contributed by atoms with van der Waals surface area (Å²) in [6.45, 7) is 0.250. The van der Waals surface area contributed by atoms with Crippen LogP contribution < -0.4 is 5.32 Å². The van der Waals surface area contributed by atoms with Gasteiger partial charge in [0, 0.05) is 12.7 Å². The standard InChI is InChI=1S/C15H18N4O2/c20-8-7-19(15(21)18-12-9-16-17-10-12)14-6-5-11-3-1-2-4-13(11)14/h1-4,9-10,14,20H,5-8H2,(H,16,17)(H,18,21)/t14-/m0/s1. The zero-order chi connectivity index (χ0) is 14.7. The summed E-state index contributed by atoms with van der Waals surface area (Å²) in [6, 6.07) is 7.96. The Balaban J connectivity index is 1.80. The number of hydrogen-bond acceptors (Lipinski definition) is 3. The van der Waals surface area contributed by atoms with E-state index in [0.29, 0.717) is 12.2 Å². The van der Waals surface area contributed by atoms with Crippen LogP contribution in [0.2, 0.25) is 0 Å². The molecule has 0 saturated carbocycles. The first kappa shape index (κ1) is 13.6. The summed E-state index contributed by atoms with van der Waals surface area (Å²) in [5, 5.41) is 18.5. The lowest BCUT2D eigenvalue weighted by Crippen LogP contribution is -2.39. The van der Waals surface area contributed by atoms with E-state index >= 15 is 0 Å². The highest BCUT2D eigenvalue weighted by atomic mass is 16.3. The molecule has 1 aromatic heterocycles. The number of anilines is 1. The summed E-state index contributed by atoms with van der Waals surface area (Å²) in [4.78, 5) is 14.2. The van der Waals surface area contributed by atoms with Gasteiger partial charge in [0.1, 0.15) is 0 Å². The summed E-state index contributed by atoms with van der Waals surface area (Å²) in [5.41, 5.74) is 3.07. The molecule has 0 saturated heterocycles. The van der Waals surface area contributed by atoms with Gasteiger partial charge in [0.2, 0.25) is 0 Å². The molecule has 1 aliphatic carbocycles. The van der Waals surface area contributed by atoms with E-state index < -0.39 is 0 Å². The van der Waals surface area contributed by atoms with Gasteiger partial charge in [-0.25, -0.2) is 4.79 Å². The van der Waals surface area contributed by atoms with Gasteiger partial charge in [0.25, 0.3) is 0 Å². The maximum atomic E-state index is 12.5. The van der Waals surface area contributed by atoms with Crippen LogP contribution in [0.5, 0.6) is 0 Å². The number of benzene rings is 1. The molecular weight excluding hydrogens is 268 g/mol. The minimum absolute atomic E-state index is 0.0141. The highest BCUT2D eigenvalue weighted by Gasteiger charge is 2.30. The van der Waals surface area contributed by atoms with Crippen molar-refractivity contribution in [3.63, 3.8) is 0 Å². The molecule has 3 N–H and O–H groups in total. The maximum Gasteiger partial charge on any atom is 0.322 e. The first-order chi connectivity index (χ1) is 10.3. The fraction of sp³-hybridized carbons (Fsp3) is 0.333. The van der Waals surface area contributed by atoms with Crippen LogP contribution in [-0.4, -0.2) is 39.4 Å². The lowest BCUT2D eigenvalue weighted by molar-refractivity contribution is 0.162. The fourth-order valence-electron chi connectivity index (χ4n) is 2.88. The van der Waals surface area contributed by atoms with Gasteiger partial charge in [-0.2, -0.15) is 5.10 Å². The smallest absolute Gasteiger partial charge is 0.322 e. The van der Waals surface area contributed by atoms with E-state index in [9.17, 15) is 9.90 Å². The molecule has 21 heavy (non-hydrogen) atoms. The summed E-state index contributed by atoms with van der Waals surface area (Å²) in [5.74, 6) is 0. The van der Waals surface area contributed by atoms with E-state index in [0.717, 1.165) is 12.8 Å². The highest BCUT2D eigenvalue weighted by molar-refractivity contribution is 5.89. The van der Waals surface area contributed by atoms with Gasteiger partial charge in [0.15, 0.2) is 0 Å². The topological polar surface area (TPSA) is 81.2 Å². The van der Waals surface area contributed by atoms with Crippen molar-refractivity contribution >= 4 is 11.7 Å². The molecular formula is C15H18N4O2. The Kier molecular flexibility index (Phi) is 3.87. The molecule has 3 rings (SSSR count). The monoisotopic (exact) mass is 286 g/mol. The fourth-order valence-corrected chi connectivity index (χ4v) is 2.88. The van der Waals surface area contributed by atoms with Crippen molar-refractivity contribution in [2.45, 2.75) is 18.9 Å². The minimum atomic E-state index is -0.216. The Labute approximate surface area is 122 Å². The number of aliphatic hydroxyl groups excluding tert-OH is 1. The second-order valence-corrected chi connectivity index (χ2v) is 5.09. The summed E-state index contributed by atoms with van der Waals surface area (Å²) < 4.78 is 0. The van der Waals surface area contributed by atoms with E-state index in [1.807, 2.05) is 12.1 Å². The largest absolute Gasteiger partial charge is 0.395 e. The van der Waals surface area contributed by atoms with Gasteiger partial charge >= 0.3 is 6.03 Å². The number of H-pyrrole nitrogens is 1. The van der Waals surface area contributed by atoms with Gasteiger partial charge < -0.3 is 15.3 Å². The predicted molar refractivity (Wildman–Crippen MR) is 78.9 cm³/mol. The quantitative estimate of drug-likeness (QED) is 0.803.